The molecule has 0 aromatic rings. The Hall–Kier alpha value is 0.157. The smallest absolute Gasteiger partial charge is 0.559 e. The van der Waals surface area contributed by atoms with E-state index >= 15 is 0 Å². The second-order valence-electron chi connectivity index (χ2n) is 1.52. The Morgan fingerprint density at radius 3 is 1.25 bits per heavy atom. The fraction of sp³-hybridized carbons (Fsp3) is 1.00. The van der Waals surface area contributed by atoms with Crippen molar-refractivity contribution < 1.29 is 49.2 Å². The molecule has 10 heteroatoms. The first-order chi connectivity index (χ1) is 4.50. The van der Waals surface area contributed by atoms with Gasteiger partial charge < -0.3 is 5.14 Å². The van der Waals surface area contributed by atoms with Crippen LogP contribution in [0.1, 0.15) is 0 Å². The average molecular weight is 205 g/mol. The van der Waals surface area contributed by atoms with E-state index in [-0.39, 0.29) is 18.9 Å². The molecule has 3 nitrogen and oxygen atoms in total. The van der Waals surface area contributed by atoms with Gasteiger partial charge in [-0.05, 0) is 0 Å². The van der Waals surface area contributed by atoms with Gasteiger partial charge in [-0.25, -0.2) is 8.42 Å². The molecule has 0 bridgehead atoms. The van der Waals surface area contributed by atoms with Crippen molar-refractivity contribution in [1.82, 2.24) is 0 Å². The van der Waals surface area contributed by atoms with E-state index in [9.17, 15) is 30.4 Å². The van der Waals surface area contributed by atoms with Gasteiger partial charge >= 0.3 is 30.3 Å². The normalized spacial score (nSPS) is 13.8. The fourth-order valence-corrected chi connectivity index (χ4v) is 0.457. The summed E-state index contributed by atoms with van der Waals surface area (Å²) in [5.41, 5.74) is 0. The Morgan fingerprint density at radius 2 is 1.25 bits per heavy atom. The summed E-state index contributed by atoms with van der Waals surface area (Å²) in [6, 6.07) is 0. The summed E-state index contributed by atoms with van der Waals surface area (Å²) in [6.45, 7) is 0. The first-order valence-corrected chi connectivity index (χ1v) is 3.42. The van der Waals surface area contributed by atoms with Crippen LogP contribution in [0.4, 0.5) is 22.0 Å². The van der Waals surface area contributed by atoms with Crippen molar-refractivity contribution >= 4 is 10.0 Å². The summed E-state index contributed by atoms with van der Waals surface area (Å²) in [7, 11) is -6.17. The van der Waals surface area contributed by atoms with E-state index in [0.717, 1.165) is 0 Å². The van der Waals surface area contributed by atoms with Crippen LogP contribution in [-0.2, 0) is 10.0 Å². The minimum Gasteiger partial charge on any atom is -0.559 e. The molecule has 0 aliphatic heterocycles. The molecule has 1 N–H and O–H groups in total. The number of alkyl halides is 5. The van der Waals surface area contributed by atoms with E-state index < -0.39 is 21.5 Å². The van der Waals surface area contributed by atoms with Crippen molar-refractivity contribution in [2.24, 2.45) is 0 Å². The molecule has 0 aromatic carbocycles. The SMILES string of the molecule is [Li+].[NH-]S(=O)(=O)C(F)(F)C(F)(F)F. The number of rotatable bonds is 1. The van der Waals surface area contributed by atoms with Crippen molar-refractivity contribution in [2.75, 3.05) is 0 Å². The molecule has 68 valence electrons. The zero-order chi connectivity index (χ0) is 9.50. The van der Waals surface area contributed by atoms with Gasteiger partial charge in [0.05, 0.1) is 0 Å². The third-order valence-corrected chi connectivity index (χ3v) is 1.57. The molecule has 0 heterocycles. The van der Waals surface area contributed by atoms with Gasteiger partial charge in [-0.1, -0.05) is 0 Å². The van der Waals surface area contributed by atoms with E-state index in [0.29, 0.717) is 0 Å². The predicted octanol–water partition coefficient (Wildman–Crippen LogP) is -1.47. The van der Waals surface area contributed by atoms with Crippen LogP contribution in [0.15, 0.2) is 0 Å². The van der Waals surface area contributed by atoms with Crippen LogP contribution in [0, 0.1) is 0 Å². The van der Waals surface area contributed by atoms with Crippen LogP contribution >= 0.6 is 0 Å². The average Bonchev–Trinajstić information content (AvgIpc) is 1.58. The van der Waals surface area contributed by atoms with Gasteiger partial charge in [-0.2, -0.15) is 22.0 Å². The number of sulfonamides is 1. The zero-order valence-electron chi connectivity index (χ0n) is 5.61. The number of hydrogen-bond acceptors (Lipinski definition) is 2. The third-order valence-electron chi connectivity index (χ3n) is 0.668. The molecular weight excluding hydrogens is 204 g/mol. The maximum atomic E-state index is 11.5. The zero-order valence-corrected chi connectivity index (χ0v) is 6.43. The molecular formula is C2HF5LiNO2S. The van der Waals surface area contributed by atoms with Gasteiger partial charge in [-0.15, -0.1) is 0 Å². The Kier molecular flexibility index (Phi) is 4.27. The largest absolute Gasteiger partial charge is 1.00 e. The summed E-state index contributed by atoms with van der Waals surface area (Å²) in [6.07, 6.45) is -6.23. The van der Waals surface area contributed by atoms with Crippen LogP contribution in [0.25, 0.3) is 5.14 Å². The Morgan fingerprint density at radius 1 is 1.00 bits per heavy atom. The minimum absolute atomic E-state index is 0. The van der Waals surface area contributed by atoms with Crippen LogP contribution in [-0.4, -0.2) is 19.8 Å². The van der Waals surface area contributed by atoms with E-state index in [1.54, 1.807) is 0 Å². The molecule has 0 rings (SSSR count). The fourth-order valence-electron chi connectivity index (χ4n) is 0.152. The van der Waals surface area contributed by atoms with Crippen LogP contribution in [0.3, 0.4) is 0 Å². The second kappa shape index (κ2) is 3.49. The quantitative estimate of drug-likeness (QED) is 0.387. The van der Waals surface area contributed by atoms with Crippen molar-refractivity contribution in [3.8, 4) is 0 Å². The number of halogens is 5. The van der Waals surface area contributed by atoms with Crippen molar-refractivity contribution in [1.29, 1.82) is 0 Å². The minimum atomic E-state index is -6.23. The van der Waals surface area contributed by atoms with Gasteiger partial charge in [0, 0.05) is 0 Å². The summed E-state index contributed by atoms with van der Waals surface area (Å²) >= 11 is 0. The Bertz CT molecular complexity index is 245. The molecule has 0 saturated carbocycles. The number of nitrogens with one attached hydrogen (secondary N) is 1. The van der Waals surface area contributed by atoms with Crippen molar-refractivity contribution in [3.63, 3.8) is 0 Å². The van der Waals surface area contributed by atoms with E-state index in [1.807, 2.05) is 0 Å². The second-order valence-corrected chi connectivity index (χ2v) is 3.04. The molecule has 0 fully saturated rings. The molecule has 0 unspecified atom stereocenters. The Labute approximate surface area is 76.3 Å². The van der Waals surface area contributed by atoms with Crippen molar-refractivity contribution in [3.05, 3.63) is 5.14 Å². The molecule has 0 saturated heterocycles. The van der Waals surface area contributed by atoms with E-state index in [2.05, 4.69) is 0 Å². The molecule has 0 amide bonds. The molecule has 0 aliphatic rings. The maximum Gasteiger partial charge on any atom is 1.00 e. The molecule has 0 radical (unpaired) electrons. The van der Waals surface area contributed by atoms with Gasteiger partial charge in [0.15, 0.2) is 0 Å². The van der Waals surface area contributed by atoms with Gasteiger partial charge in [0.25, 0.3) is 0 Å². The first kappa shape index (κ1) is 14.7. The summed E-state index contributed by atoms with van der Waals surface area (Å²) in [5.74, 6) is 0. The predicted molar refractivity (Wildman–Crippen MR) is 24.2 cm³/mol. The van der Waals surface area contributed by atoms with Gasteiger partial charge in [-0.3, -0.25) is 0 Å². The van der Waals surface area contributed by atoms with Gasteiger partial charge in [0.1, 0.15) is 10.0 Å². The third kappa shape index (κ3) is 2.58. The maximum absolute atomic E-state index is 11.5. The summed E-state index contributed by atoms with van der Waals surface area (Å²) in [5, 5.41) is -0.494. The Balaban J connectivity index is 0. The van der Waals surface area contributed by atoms with Gasteiger partial charge in [0.2, 0.25) is 0 Å². The molecule has 0 aromatic heterocycles. The summed E-state index contributed by atoms with van der Waals surface area (Å²) < 4.78 is 75.3. The van der Waals surface area contributed by atoms with Crippen LogP contribution in [0.5, 0.6) is 0 Å². The van der Waals surface area contributed by atoms with Crippen LogP contribution < -0.4 is 18.9 Å². The standard InChI is InChI=1S/C2HF5NO2S.Li/c3-1(4,5)2(6,7)11(8,9)10;/h(H-,8,9,10);/q-1;+1. The van der Waals surface area contributed by atoms with E-state index in [4.69, 9.17) is 5.14 Å². The topological polar surface area (TPSA) is 57.9 Å². The molecule has 0 atom stereocenters. The van der Waals surface area contributed by atoms with Crippen molar-refractivity contribution in [2.45, 2.75) is 11.4 Å². The molecule has 0 spiro atoms. The molecule has 12 heavy (non-hydrogen) atoms. The number of hydrogen-bond donors (Lipinski definition) is 0. The summed E-state index contributed by atoms with van der Waals surface area (Å²) in [4.78, 5) is 0. The van der Waals surface area contributed by atoms with Crippen LogP contribution in [0.2, 0.25) is 0 Å². The first-order valence-electron chi connectivity index (χ1n) is 1.94. The monoisotopic (exact) mass is 205 g/mol. The van der Waals surface area contributed by atoms with E-state index in [1.165, 1.54) is 0 Å². The molecule has 0 aliphatic carbocycles.